The van der Waals surface area contributed by atoms with E-state index in [4.69, 9.17) is 0 Å². The molecule has 0 amide bonds. The predicted octanol–water partition coefficient (Wildman–Crippen LogP) is 1.94. The Labute approximate surface area is 103 Å². The average molecular weight is 241 g/mol. The molecule has 0 bridgehead atoms. The lowest BCUT2D eigenvalue weighted by Gasteiger charge is -2.29. The van der Waals surface area contributed by atoms with Crippen LogP contribution in [-0.2, 0) is 0 Å². The van der Waals surface area contributed by atoms with Gasteiger partial charge in [-0.25, -0.2) is 0 Å². The Hall–Kier alpha value is -0.220. The van der Waals surface area contributed by atoms with Crippen LogP contribution in [0, 0.1) is 0 Å². The Morgan fingerprint density at radius 1 is 1.44 bits per heavy atom. The molecule has 2 heterocycles. The third-order valence-corrected chi connectivity index (χ3v) is 4.56. The summed E-state index contributed by atoms with van der Waals surface area (Å²) in [6, 6.07) is 0.655. The summed E-state index contributed by atoms with van der Waals surface area (Å²) in [5.74, 6) is 0. The van der Waals surface area contributed by atoms with Crippen molar-refractivity contribution >= 4 is 16.9 Å². The van der Waals surface area contributed by atoms with Gasteiger partial charge in [0.15, 0.2) is 5.17 Å². The van der Waals surface area contributed by atoms with Gasteiger partial charge in [-0.15, -0.1) is 0 Å². The standard InChI is InChI=1S/C12H23N3S/c1-3-4-11-9-13-12(16-11)14-10-5-7-15(2)8-6-10/h10-11H,3-9H2,1-2H3,(H,13,14). The summed E-state index contributed by atoms with van der Waals surface area (Å²) in [6.07, 6.45) is 5.09. The molecule has 0 saturated carbocycles. The summed E-state index contributed by atoms with van der Waals surface area (Å²) in [5, 5.41) is 5.55. The lowest BCUT2D eigenvalue weighted by atomic mass is 10.1. The molecule has 1 fully saturated rings. The summed E-state index contributed by atoms with van der Waals surface area (Å²) >= 11 is 1.95. The topological polar surface area (TPSA) is 27.6 Å². The van der Waals surface area contributed by atoms with Gasteiger partial charge in [0.2, 0.25) is 0 Å². The number of piperidine rings is 1. The molecule has 2 rings (SSSR count). The number of hydrogen-bond donors (Lipinski definition) is 1. The number of likely N-dealkylation sites (tertiary alicyclic amines) is 1. The van der Waals surface area contributed by atoms with Gasteiger partial charge in [-0.3, -0.25) is 4.99 Å². The minimum absolute atomic E-state index is 0.655. The molecule has 0 radical (unpaired) electrons. The van der Waals surface area contributed by atoms with E-state index in [1.807, 2.05) is 11.8 Å². The summed E-state index contributed by atoms with van der Waals surface area (Å²) in [6.45, 7) is 5.71. The number of thioether (sulfide) groups is 1. The van der Waals surface area contributed by atoms with Gasteiger partial charge in [-0.1, -0.05) is 25.1 Å². The van der Waals surface area contributed by atoms with Gasteiger partial charge in [-0.2, -0.15) is 0 Å². The molecule has 0 spiro atoms. The van der Waals surface area contributed by atoms with Crippen LogP contribution >= 0.6 is 11.8 Å². The quantitative estimate of drug-likeness (QED) is 0.818. The van der Waals surface area contributed by atoms with Crippen LogP contribution in [-0.4, -0.2) is 48.0 Å². The zero-order chi connectivity index (χ0) is 11.4. The maximum atomic E-state index is 4.60. The lowest BCUT2D eigenvalue weighted by molar-refractivity contribution is 0.247. The van der Waals surface area contributed by atoms with Gasteiger partial charge in [0.05, 0.1) is 6.54 Å². The molecule has 0 aliphatic carbocycles. The first kappa shape index (κ1) is 12.2. The van der Waals surface area contributed by atoms with Crippen LogP contribution in [0.15, 0.2) is 4.99 Å². The normalized spacial score (nSPS) is 28.1. The van der Waals surface area contributed by atoms with E-state index in [2.05, 4.69) is 29.2 Å². The van der Waals surface area contributed by atoms with Crippen molar-refractivity contribution in [1.82, 2.24) is 10.2 Å². The maximum absolute atomic E-state index is 4.60. The molecule has 1 unspecified atom stereocenters. The lowest BCUT2D eigenvalue weighted by Crippen LogP contribution is -2.42. The van der Waals surface area contributed by atoms with Crippen molar-refractivity contribution in [2.24, 2.45) is 4.99 Å². The second-order valence-electron chi connectivity index (χ2n) is 4.90. The fourth-order valence-corrected chi connectivity index (χ4v) is 3.50. The molecule has 4 heteroatoms. The Bertz CT molecular complexity index is 247. The largest absolute Gasteiger partial charge is 0.362 e. The zero-order valence-electron chi connectivity index (χ0n) is 10.4. The Kier molecular flexibility index (Phi) is 4.53. The third-order valence-electron chi connectivity index (χ3n) is 3.37. The molecule has 1 atom stereocenters. The maximum Gasteiger partial charge on any atom is 0.157 e. The molecule has 92 valence electrons. The summed E-state index contributed by atoms with van der Waals surface area (Å²) in [7, 11) is 2.20. The van der Waals surface area contributed by atoms with Crippen molar-refractivity contribution in [2.75, 3.05) is 26.7 Å². The van der Waals surface area contributed by atoms with E-state index in [0.717, 1.165) is 11.8 Å². The van der Waals surface area contributed by atoms with E-state index in [9.17, 15) is 0 Å². The molecule has 0 aromatic rings. The minimum Gasteiger partial charge on any atom is -0.362 e. The Morgan fingerprint density at radius 2 is 2.19 bits per heavy atom. The van der Waals surface area contributed by atoms with Gasteiger partial charge in [0.1, 0.15) is 0 Å². The summed E-state index contributed by atoms with van der Waals surface area (Å²) in [5.41, 5.74) is 0. The highest BCUT2D eigenvalue weighted by Gasteiger charge is 2.22. The van der Waals surface area contributed by atoms with Crippen LogP contribution in [0.25, 0.3) is 0 Å². The van der Waals surface area contributed by atoms with E-state index < -0.39 is 0 Å². The van der Waals surface area contributed by atoms with E-state index in [1.54, 1.807) is 0 Å². The van der Waals surface area contributed by atoms with Gasteiger partial charge in [0, 0.05) is 11.3 Å². The highest BCUT2D eigenvalue weighted by molar-refractivity contribution is 8.14. The number of nitrogens with zero attached hydrogens (tertiary/aromatic N) is 2. The fourth-order valence-electron chi connectivity index (χ4n) is 2.30. The monoisotopic (exact) mass is 241 g/mol. The van der Waals surface area contributed by atoms with Gasteiger partial charge < -0.3 is 10.2 Å². The molecule has 2 aliphatic rings. The molecule has 16 heavy (non-hydrogen) atoms. The molecule has 0 aromatic carbocycles. The van der Waals surface area contributed by atoms with Crippen LogP contribution in [0.4, 0.5) is 0 Å². The molecule has 3 nitrogen and oxygen atoms in total. The SMILES string of the molecule is CCCC1CN=C(NC2CCN(C)CC2)S1. The summed E-state index contributed by atoms with van der Waals surface area (Å²) in [4.78, 5) is 7.01. The van der Waals surface area contributed by atoms with Crippen molar-refractivity contribution in [3.8, 4) is 0 Å². The van der Waals surface area contributed by atoms with Crippen LogP contribution in [0.2, 0.25) is 0 Å². The number of rotatable bonds is 3. The second kappa shape index (κ2) is 5.92. The molecule has 0 aromatic heterocycles. The average Bonchev–Trinajstić information content (AvgIpc) is 2.70. The number of amidine groups is 1. The fraction of sp³-hybridized carbons (Fsp3) is 0.917. The predicted molar refractivity (Wildman–Crippen MR) is 72.2 cm³/mol. The molecule has 2 aliphatic heterocycles. The van der Waals surface area contributed by atoms with Gasteiger partial charge in [0.25, 0.3) is 0 Å². The van der Waals surface area contributed by atoms with Crippen molar-refractivity contribution in [3.05, 3.63) is 0 Å². The van der Waals surface area contributed by atoms with Gasteiger partial charge >= 0.3 is 0 Å². The molecular formula is C12H23N3S. The Morgan fingerprint density at radius 3 is 2.88 bits per heavy atom. The number of aliphatic imine (C=N–C) groups is 1. The zero-order valence-corrected chi connectivity index (χ0v) is 11.2. The van der Waals surface area contributed by atoms with E-state index in [1.165, 1.54) is 43.9 Å². The third kappa shape index (κ3) is 3.39. The van der Waals surface area contributed by atoms with E-state index in [-0.39, 0.29) is 0 Å². The Balaban J connectivity index is 1.70. The number of hydrogen-bond acceptors (Lipinski definition) is 4. The molecular weight excluding hydrogens is 218 g/mol. The van der Waals surface area contributed by atoms with E-state index in [0.29, 0.717) is 6.04 Å². The van der Waals surface area contributed by atoms with E-state index >= 15 is 0 Å². The molecule has 1 N–H and O–H groups in total. The van der Waals surface area contributed by atoms with Crippen molar-refractivity contribution in [3.63, 3.8) is 0 Å². The van der Waals surface area contributed by atoms with Crippen molar-refractivity contribution < 1.29 is 0 Å². The van der Waals surface area contributed by atoms with Crippen LogP contribution in [0.5, 0.6) is 0 Å². The smallest absolute Gasteiger partial charge is 0.157 e. The highest BCUT2D eigenvalue weighted by Crippen LogP contribution is 2.24. The van der Waals surface area contributed by atoms with Crippen LogP contribution in [0.3, 0.4) is 0 Å². The van der Waals surface area contributed by atoms with Crippen LogP contribution in [0.1, 0.15) is 32.6 Å². The van der Waals surface area contributed by atoms with Crippen LogP contribution < -0.4 is 5.32 Å². The molecule has 1 saturated heterocycles. The second-order valence-corrected chi connectivity index (χ2v) is 6.19. The first-order valence-corrected chi connectivity index (χ1v) is 7.32. The number of nitrogens with one attached hydrogen (secondary N) is 1. The first-order valence-electron chi connectivity index (χ1n) is 6.44. The van der Waals surface area contributed by atoms with Gasteiger partial charge in [-0.05, 0) is 39.4 Å². The first-order chi connectivity index (χ1) is 7.78. The highest BCUT2D eigenvalue weighted by atomic mass is 32.2. The minimum atomic E-state index is 0.655. The van der Waals surface area contributed by atoms with Crippen molar-refractivity contribution in [1.29, 1.82) is 0 Å². The summed E-state index contributed by atoms with van der Waals surface area (Å²) < 4.78 is 0. The van der Waals surface area contributed by atoms with Crippen molar-refractivity contribution in [2.45, 2.75) is 43.9 Å².